The molecule has 1 fully saturated rings. The number of rotatable bonds is 5. The first-order valence-corrected chi connectivity index (χ1v) is 10.3. The molecule has 1 saturated carbocycles. The lowest BCUT2D eigenvalue weighted by atomic mass is 10.1. The van der Waals surface area contributed by atoms with E-state index in [-0.39, 0.29) is 11.7 Å². The third-order valence-electron chi connectivity index (χ3n) is 5.61. The van der Waals surface area contributed by atoms with Crippen molar-refractivity contribution in [3.63, 3.8) is 0 Å². The van der Waals surface area contributed by atoms with Crippen molar-refractivity contribution in [3.8, 4) is 22.8 Å². The quantitative estimate of drug-likeness (QED) is 0.404. The molecule has 10 heteroatoms. The monoisotopic (exact) mass is 444 g/mol. The predicted molar refractivity (Wildman–Crippen MR) is 116 cm³/mol. The van der Waals surface area contributed by atoms with Gasteiger partial charge in [-0.05, 0) is 43.2 Å². The molecule has 164 valence electrons. The number of alkyl halides is 1. The van der Waals surface area contributed by atoms with Gasteiger partial charge in [-0.15, -0.1) is 0 Å². The Kier molecular flexibility index (Phi) is 4.32. The van der Waals surface area contributed by atoms with Crippen LogP contribution in [0.4, 0.5) is 10.1 Å². The van der Waals surface area contributed by atoms with Crippen molar-refractivity contribution < 1.29 is 18.1 Å². The number of aromatic amines is 1. The fourth-order valence-corrected chi connectivity index (χ4v) is 3.58. The molecule has 1 aliphatic rings. The Morgan fingerprint density at radius 1 is 1.18 bits per heavy atom. The molecule has 2 aromatic carbocycles. The number of oxazole rings is 1. The lowest BCUT2D eigenvalue weighted by Crippen LogP contribution is -2.12. The number of hydrogen-bond acceptors (Lipinski definition) is 7. The summed E-state index contributed by atoms with van der Waals surface area (Å²) in [5.74, 6) is 0.285. The lowest BCUT2D eigenvalue weighted by molar-refractivity contribution is 0.0997. The summed E-state index contributed by atoms with van der Waals surface area (Å²) in [5.41, 5.74) is 4.45. The summed E-state index contributed by atoms with van der Waals surface area (Å²) in [4.78, 5) is 28.6. The minimum atomic E-state index is -0.917. The van der Waals surface area contributed by atoms with Crippen LogP contribution in [-0.4, -0.2) is 37.2 Å². The highest BCUT2D eigenvalue weighted by Gasteiger charge is 2.43. The van der Waals surface area contributed by atoms with Crippen LogP contribution in [0.1, 0.15) is 34.3 Å². The molecule has 1 aliphatic carbocycles. The van der Waals surface area contributed by atoms with Gasteiger partial charge in [0.1, 0.15) is 6.17 Å². The normalized spacial score (nSPS) is 17.4. The lowest BCUT2D eigenvalue weighted by Gasteiger charge is -2.08. The Bertz CT molecular complexity index is 1500. The average molecular weight is 444 g/mol. The molecular weight excluding hydrogens is 427 g/mol. The molecule has 2 N–H and O–H groups in total. The van der Waals surface area contributed by atoms with Crippen LogP contribution in [0.5, 0.6) is 0 Å². The molecule has 6 rings (SSSR count). The second-order valence-corrected chi connectivity index (χ2v) is 7.96. The van der Waals surface area contributed by atoms with E-state index in [0.29, 0.717) is 35.3 Å². The number of benzene rings is 2. The molecule has 0 radical (unpaired) electrons. The van der Waals surface area contributed by atoms with E-state index >= 15 is 0 Å². The number of H-pyrrole nitrogens is 1. The number of anilines is 1. The van der Waals surface area contributed by atoms with Gasteiger partial charge in [-0.3, -0.25) is 4.79 Å². The first-order valence-electron chi connectivity index (χ1n) is 10.3. The van der Waals surface area contributed by atoms with Gasteiger partial charge in [0.15, 0.2) is 0 Å². The molecule has 0 saturated heterocycles. The number of nitrogens with one attached hydrogen (secondary N) is 2. The number of amides is 1. The topological polar surface area (TPSA) is 123 Å². The first-order chi connectivity index (χ1) is 16.0. The highest BCUT2D eigenvalue weighted by Crippen LogP contribution is 2.43. The maximum Gasteiger partial charge on any atom is 0.293 e. The van der Waals surface area contributed by atoms with Gasteiger partial charge in [-0.25, -0.2) is 14.4 Å². The summed E-state index contributed by atoms with van der Waals surface area (Å²) in [6, 6.07) is 10.9. The van der Waals surface area contributed by atoms with Crippen LogP contribution >= 0.6 is 0 Å². The molecule has 33 heavy (non-hydrogen) atoms. The summed E-state index contributed by atoms with van der Waals surface area (Å²) in [5, 5.41) is 6.78. The molecule has 1 amide bonds. The predicted octanol–water partition coefficient (Wildman–Crippen LogP) is 4.65. The van der Waals surface area contributed by atoms with E-state index in [0.717, 1.165) is 22.2 Å². The van der Waals surface area contributed by atoms with E-state index in [2.05, 4.69) is 30.4 Å². The number of carbonyl (C=O) groups excluding carboxylic acids is 1. The van der Waals surface area contributed by atoms with Gasteiger partial charge < -0.3 is 19.2 Å². The van der Waals surface area contributed by atoms with Crippen molar-refractivity contribution in [2.24, 2.45) is 0 Å². The van der Waals surface area contributed by atoms with Gasteiger partial charge in [0.05, 0.1) is 29.5 Å². The van der Waals surface area contributed by atoms with Crippen LogP contribution in [0, 0.1) is 6.92 Å². The smallest absolute Gasteiger partial charge is 0.293 e. The number of imidazole rings is 1. The van der Waals surface area contributed by atoms with Gasteiger partial charge in [-0.1, -0.05) is 17.3 Å². The van der Waals surface area contributed by atoms with E-state index in [1.165, 1.54) is 6.20 Å². The maximum absolute atomic E-state index is 13.3. The van der Waals surface area contributed by atoms with E-state index < -0.39 is 12.1 Å². The van der Waals surface area contributed by atoms with Crippen LogP contribution in [-0.2, 0) is 0 Å². The zero-order valence-electron chi connectivity index (χ0n) is 17.4. The Balaban J connectivity index is 1.22. The third kappa shape index (κ3) is 3.55. The molecule has 5 aromatic rings. The second kappa shape index (κ2) is 7.37. The summed E-state index contributed by atoms with van der Waals surface area (Å²) < 4.78 is 24.1. The van der Waals surface area contributed by atoms with Gasteiger partial charge in [0.25, 0.3) is 5.91 Å². The van der Waals surface area contributed by atoms with Crippen LogP contribution in [0.3, 0.4) is 0 Å². The van der Waals surface area contributed by atoms with Gasteiger partial charge in [-0.2, -0.15) is 4.98 Å². The van der Waals surface area contributed by atoms with Gasteiger partial charge >= 0.3 is 0 Å². The van der Waals surface area contributed by atoms with Crippen molar-refractivity contribution in [3.05, 3.63) is 66.1 Å². The fraction of sp³-hybridized carbons (Fsp3) is 0.174. The van der Waals surface area contributed by atoms with Crippen LogP contribution in [0.25, 0.3) is 33.9 Å². The Hall–Kier alpha value is -4.34. The number of halogens is 1. The largest absolute Gasteiger partial charge is 0.431 e. The highest BCUT2D eigenvalue weighted by molar-refractivity contribution is 6.03. The molecule has 0 unspecified atom stereocenters. The standard InChI is InChI=1S/C23H17FN6O3/c1-11-2-3-12(20-29-23(33-30-20)14-8-15(14)24)6-17(11)28-21(31)19-9-25-22(32-19)13-4-5-16-18(7-13)27-10-26-16/h2-7,9-10,14-15H,8H2,1H3,(H,26,27)(H,28,31)/t14-,15-/m0/s1. The minimum Gasteiger partial charge on any atom is -0.431 e. The number of aromatic nitrogens is 5. The molecule has 0 bridgehead atoms. The van der Waals surface area contributed by atoms with E-state index in [9.17, 15) is 9.18 Å². The maximum atomic E-state index is 13.3. The minimum absolute atomic E-state index is 0.0732. The SMILES string of the molecule is Cc1ccc(-c2noc([C@H]3C[C@@H]3F)n2)cc1NC(=O)c1cnc(-c2ccc3nc[nH]c3c2)o1. The van der Waals surface area contributed by atoms with Crippen molar-refractivity contribution in [1.29, 1.82) is 0 Å². The van der Waals surface area contributed by atoms with Gasteiger partial charge in [0, 0.05) is 16.8 Å². The van der Waals surface area contributed by atoms with E-state index in [4.69, 9.17) is 8.94 Å². The number of hydrogen-bond donors (Lipinski definition) is 2. The fourth-order valence-electron chi connectivity index (χ4n) is 3.58. The van der Waals surface area contributed by atoms with Crippen molar-refractivity contribution in [2.45, 2.75) is 25.4 Å². The van der Waals surface area contributed by atoms with Gasteiger partial charge in [0.2, 0.25) is 23.4 Å². The molecule has 2 atom stereocenters. The Labute approximate surface area is 186 Å². The summed E-state index contributed by atoms with van der Waals surface area (Å²) in [6.45, 7) is 1.87. The van der Waals surface area contributed by atoms with Crippen LogP contribution in [0.2, 0.25) is 0 Å². The number of fused-ring (bicyclic) bond motifs is 1. The number of aryl methyl sites for hydroxylation is 1. The molecular formula is C23H17FN6O3. The van der Waals surface area contributed by atoms with E-state index in [1.54, 1.807) is 12.4 Å². The summed E-state index contributed by atoms with van der Waals surface area (Å²) in [6.07, 6.45) is 2.49. The Morgan fingerprint density at radius 2 is 2.03 bits per heavy atom. The average Bonchev–Trinajstić information content (AvgIpc) is 3.29. The first kappa shape index (κ1) is 19.4. The second-order valence-electron chi connectivity index (χ2n) is 7.96. The third-order valence-corrected chi connectivity index (χ3v) is 5.61. The van der Waals surface area contributed by atoms with Crippen molar-refractivity contribution in [2.75, 3.05) is 5.32 Å². The molecule has 3 aromatic heterocycles. The summed E-state index contributed by atoms with van der Waals surface area (Å²) >= 11 is 0. The number of nitrogens with zero attached hydrogens (tertiary/aromatic N) is 4. The highest BCUT2D eigenvalue weighted by atomic mass is 19.1. The molecule has 9 nitrogen and oxygen atoms in total. The zero-order valence-corrected chi connectivity index (χ0v) is 17.4. The van der Waals surface area contributed by atoms with Crippen molar-refractivity contribution in [1.82, 2.24) is 25.1 Å². The van der Waals surface area contributed by atoms with Crippen LogP contribution < -0.4 is 5.32 Å². The number of carbonyl (C=O) groups is 1. The zero-order chi connectivity index (χ0) is 22.5. The molecule has 3 heterocycles. The van der Waals surface area contributed by atoms with Crippen molar-refractivity contribution >= 4 is 22.6 Å². The van der Waals surface area contributed by atoms with Crippen LogP contribution in [0.15, 0.2) is 57.9 Å². The molecule has 0 aliphatic heterocycles. The van der Waals surface area contributed by atoms with E-state index in [1.807, 2.05) is 37.3 Å². The summed E-state index contributed by atoms with van der Waals surface area (Å²) in [7, 11) is 0. The Morgan fingerprint density at radius 3 is 2.88 bits per heavy atom. The molecule has 0 spiro atoms.